The highest BCUT2D eigenvalue weighted by atomic mass is 32.1. The third-order valence-corrected chi connectivity index (χ3v) is 3.34. The molecule has 2 heterocycles. The fraction of sp³-hybridized carbons (Fsp3) is 0.500. The monoisotopic (exact) mass is 210 g/mol. The van der Waals surface area contributed by atoms with Gasteiger partial charge in [0.1, 0.15) is 0 Å². The average molecular weight is 210 g/mol. The van der Waals surface area contributed by atoms with E-state index in [1.807, 2.05) is 6.07 Å². The maximum atomic E-state index is 11.4. The van der Waals surface area contributed by atoms with Crippen molar-refractivity contribution >= 4 is 17.2 Å². The van der Waals surface area contributed by atoms with E-state index in [0.717, 1.165) is 26.1 Å². The van der Waals surface area contributed by atoms with Gasteiger partial charge in [-0.3, -0.25) is 4.79 Å². The second kappa shape index (κ2) is 4.57. The molecule has 1 amide bonds. The molecule has 0 spiro atoms. The number of carbonyl (C=O) groups excluding carboxylic acids is 1. The molecule has 2 rings (SSSR count). The molecule has 0 radical (unpaired) electrons. The van der Waals surface area contributed by atoms with Gasteiger partial charge in [-0.15, -0.1) is 11.3 Å². The topological polar surface area (TPSA) is 41.1 Å². The lowest BCUT2D eigenvalue weighted by molar-refractivity contribution is -0.126. The molecule has 0 aromatic carbocycles. The first-order valence-corrected chi connectivity index (χ1v) is 5.75. The van der Waals surface area contributed by atoms with Crippen molar-refractivity contribution in [1.82, 2.24) is 10.6 Å². The molecule has 3 nitrogen and oxygen atoms in total. The van der Waals surface area contributed by atoms with Crippen molar-refractivity contribution in [3.8, 4) is 0 Å². The number of carbonyl (C=O) groups is 1. The Balaban J connectivity index is 1.65. The van der Waals surface area contributed by atoms with Crippen LogP contribution in [0.1, 0.15) is 4.88 Å². The summed E-state index contributed by atoms with van der Waals surface area (Å²) >= 11 is 1.74. The summed E-state index contributed by atoms with van der Waals surface area (Å²) in [5, 5.41) is 8.10. The van der Waals surface area contributed by atoms with Crippen LogP contribution in [-0.4, -0.2) is 25.5 Å². The zero-order valence-corrected chi connectivity index (χ0v) is 8.77. The Morgan fingerprint density at radius 1 is 1.64 bits per heavy atom. The molecule has 1 aromatic heterocycles. The summed E-state index contributed by atoms with van der Waals surface area (Å²) in [5.74, 6) is 0.402. The van der Waals surface area contributed by atoms with Crippen molar-refractivity contribution in [3.05, 3.63) is 22.4 Å². The molecule has 1 aromatic rings. The zero-order valence-electron chi connectivity index (χ0n) is 7.95. The van der Waals surface area contributed by atoms with Gasteiger partial charge in [0.15, 0.2) is 0 Å². The second-order valence-electron chi connectivity index (χ2n) is 3.48. The standard InChI is InChI=1S/C10H14N2OS/c13-10(8-6-11-7-8)12-4-3-9-2-1-5-14-9/h1-2,5,8,11H,3-4,6-7H2,(H,12,13). The quantitative estimate of drug-likeness (QED) is 0.765. The first-order valence-electron chi connectivity index (χ1n) is 4.87. The number of hydrogen-bond acceptors (Lipinski definition) is 3. The summed E-state index contributed by atoms with van der Waals surface area (Å²) in [7, 11) is 0. The van der Waals surface area contributed by atoms with E-state index < -0.39 is 0 Å². The van der Waals surface area contributed by atoms with Crippen molar-refractivity contribution < 1.29 is 4.79 Å². The van der Waals surface area contributed by atoms with Crippen LogP contribution < -0.4 is 10.6 Å². The smallest absolute Gasteiger partial charge is 0.225 e. The van der Waals surface area contributed by atoms with Crippen molar-refractivity contribution in [2.75, 3.05) is 19.6 Å². The third-order valence-electron chi connectivity index (χ3n) is 2.40. The molecule has 0 unspecified atom stereocenters. The summed E-state index contributed by atoms with van der Waals surface area (Å²) in [6.45, 7) is 2.44. The van der Waals surface area contributed by atoms with Gasteiger partial charge < -0.3 is 10.6 Å². The minimum atomic E-state index is 0.195. The van der Waals surface area contributed by atoms with E-state index in [0.29, 0.717) is 0 Å². The highest BCUT2D eigenvalue weighted by Crippen LogP contribution is 2.08. The van der Waals surface area contributed by atoms with Crippen LogP contribution in [0.4, 0.5) is 0 Å². The van der Waals surface area contributed by atoms with Crippen molar-refractivity contribution in [2.45, 2.75) is 6.42 Å². The molecule has 14 heavy (non-hydrogen) atoms. The first kappa shape index (κ1) is 9.68. The fourth-order valence-electron chi connectivity index (χ4n) is 1.38. The average Bonchev–Trinajstić information content (AvgIpc) is 2.53. The summed E-state index contributed by atoms with van der Waals surface area (Å²) in [5.41, 5.74) is 0. The molecule has 2 N–H and O–H groups in total. The van der Waals surface area contributed by atoms with E-state index in [-0.39, 0.29) is 11.8 Å². The van der Waals surface area contributed by atoms with Crippen LogP contribution in [-0.2, 0) is 11.2 Å². The van der Waals surface area contributed by atoms with Gasteiger partial charge >= 0.3 is 0 Å². The van der Waals surface area contributed by atoms with Gasteiger partial charge in [-0.2, -0.15) is 0 Å². The predicted octanol–water partition coefficient (Wildman–Crippen LogP) is 0.626. The second-order valence-corrected chi connectivity index (χ2v) is 4.51. The van der Waals surface area contributed by atoms with E-state index >= 15 is 0 Å². The van der Waals surface area contributed by atoms with Crippen molar-refractivity contribution in [2.24, 2.45) is 5.92 Å². The molecule has 0 bridgehead atoms. The lowest BCUT2D eigenvalue weighted by Crippen LogP contribution is -2.51. The molecule has 0 aliphatic carbocycles. The predicted molar refractivity (Wildman–Crippen MR) is 57.4 cm³/mol. The minimum absolute atomic E-state index is 0.195. The van der Waals surface area contributed by atoms with Crippen LogP contribution in [0.25, 0.3) is 0 Å². The van der Waals surface area contributed by atoms with Crippen LogP contribution in [0.2, 0.25) is 0 Å². The third kappa shape index (κ3) is 2.33. The Hall–Kier alpha value is -0.870. The van der Waals surface area contributed by atoms with Gasteiger partial charge in [-0.25, -0.2) is 0 Å². The minimum Gasteiger partial charge on any atom is -0.355 e. The highest BCUT2D eigenvalue weighted by molar-refractivity contribution is 7.09. The van der Waals surface area contributed by atoms with Gasteiger partial charge in [0.2, 0.25) is 5.91 Å². The number of rotatable bonds is 4. The summed E-state index contributed by atoms with van der Waals surface area (Å²) in [4.78, 5) is 12.7. The molecule has 0 atom stereocenters. The molecule has 0 saturated carbocycles. The highest BCUT2D eigenvalue weighted by Gasteiger charge is 2.23. The van der Waals surface area contributed by atoms with Gasteiger partial charge in [0, 0.05) is 24.5 Å². The molecule has 1 aliphatic heterocycles. The van der Waals surface area contributed by atoms with Gasteiger partial charge in [-0.1, -0.05) is 6.07 Å². The molecular weight excluding hydrogens is 196 g/mol. The van der Waals surface area contributed by atoms with E-state index in [1.165, 1.54) is 4.88 Å². The fourth-order valence-corrected chi connectivity index (χ4v) is 2.09. The van der Waals surface area contributed by atoms with E-state index in [9.17, 15) is 4.79 Å². The van der Waals surface area contributed by atoms with Gasteiger partial charge in [0.25, 0.3) is 0 Å². The van der Waals surface area contributed by atoms with Crippen LogP contribution >= 0.6 is 11.3 Å². The van der Waals surface area contributed by atoms with E-state index in [2.05, 4.69) is 22.1 Å². The number of thiophene rings is 1. The van der Waals surface area contributed by atoms with Crippen molar-refractivity contribution in [1.29, 1.82) is 0 Å². The van der Waals surface area contributed by atoms with E-state index in [1.54, 1.807) is 11.3 Å². The largest absolute Gasteiger partial charge is 0.355 e. The van der Waals surface area contributed by atoms with Crippen LogP contribution in [0.3, 0.4) is 0 Å². The van der Waals surface area contributed by atoms with Gasteiger partial charge in [-0.05, 0) is 17.9 Å². The number of nitrogens with one attached hydrogen (secondary N) is 2. The SMILES string of the molecule is O=C(NCCc1cccs1)C1CNC1. The lowest BCUT2D eigenvalue weighted by atomic mass is 10.0. The Labute approximate surface area is 87.5 Å². The zero-order chi connectivity index (χ0) is 9.80. The molecule has 1 aliphatic rings. The van der Waals surface area contributed by atoms with Crippen LogP contribution in [0.15, 0.2) is 17.5 Å². The summed E-state index contributed by atoms with van der Waals surface area (Å²) in [6.07, 6.45) is 0.948. The van der Waals surface area contributed by atoms with Crippen LogP contribution in [0, 0.1) is 5.92 Å². The Morgan fingerprint density at radius 3 is 3.07 bits per heavy atom. The lowest BCUT2D eigenvalue weighted by Gasteiger charge is -2.25. The summed E-state index contributed by atoms with van der Waals surface area (Å²) < 4.78 is 0. The first-order chi connectivity index (χ1) is 6.86. The van der Waals surface area contributed by atoms with E-state index in [4.69, 9.17) is 0 Å². The number of hydrogen-bond donors (Lipinski definition) is 2. The number of amides is 1. The molecule has 4 heteroatoms. The maximum Gasteiger partial charge on any atom is 0.225 e. The normalized spacial score (nSPS) is 16.3. The molecule has 1 fully saturated rings. The molecule has 1 saturated heterocycles. The molecule has 76 valence electrons. The Bertz CT molecular complexity index is 293. The van der Waals surface area contributed by atoms with Gasteiger partial charge in [0.05, 0.1) is 5.92 Å². The maximum absolute atomic E-state index is 11.4. The van der Waals surface area contributed by atoms with Crippen LogP contribution in [0.5, 0.6) is 0 Å². The Kier molecular flexibility index (Phi) is 3.16. The summed E-state index contributed by atoms with van der Waals surface area (Å²) in [6, 6.07) is 4.14. The Morgan fingerprint density at radius 2 is 2.50 bits per heavy atom. The van der Waals surface area contributed by atoms with Crippen molar-refractivity contribution in [3.63, 3.8) is 0 Å². The molecular formula is C10H14N2OS.